The molecule has 2 aromatic rings. The van der Waals surface area contributed by atoms with Gasteiger partial charge in [-0.2, -0.15) is 0 Å². The third kappa shape index (κ3) is 1.86. The predicted octanol–water partition coefficient (Wildman–Crippen LogP) is 0.0910. The summed E-state index contributed by atoms with van der Waals surface area (Å²) in [4.78, 5) is 3.94. The molecule has 6 N–H and O–H groups in total. The van der Waals surface area contributed by atoms with E-state index in [9.17, 15) is 0 Å². The number of pyridine rings is 1. The number of hydrogen-bond donors (Lipinski definition) is 3. The molecule has 0 atom stereocenters. The number of nitrogen functional groups attached to an aromatic ring is 2. The summed E-state index contributed by atoms with van der Waals surface area (Å²) < 4.78 is 0. The minimum Gasteiger partial charge on any atom is -0.398 e. The smallest absolute Gasteiger partial charge is 0.169 e. The van der Waals surface area contributed by atoms with Crippen LogP contribution in [0.1, 0.15) is 5.56 Å². The van der Waals surface area contributed by atoms with Crippen molar-refractivity contribution in [2.75, 3.05) is 11.5 Å². The molecule has 0 spiro atoms. The number of benzene rings is 1. The van der Waals surface area contributed by atoms with Crippen LogP contribution in [0, 0.1) is 0 Å². The van der Waals surface area contributed by atoms with E-state index in [2.05, 4.69) is 4.98 Å². The van der Waals surface area contributed by atoms with Crippen molar-refractivity contribution in [2.24, 2.45) is 0 Å². The molecular weight excluding hydrogens is 200 g/mol. The maximum absolute atomic E-state index is 5.85. The molecule has 0 aliphatic carbocycles. The van der Waals surface area contributed by atoms with Crippen molar-refractivity contribution in [3.05, 3.63) is 42.1 Å². The number of nitrogens with two attached hydrogens (primary N) is 3. The van der Waals surface area contributed by atoms with Gasteiger partial charge in [-0.05, 0) is 35.4 Å². The second kappa shape index (κ2) is 4.02. The molecule has 80 valence electrons. The molecule has 0 bridgehead atoms. The zero-order valence-electron chi connectivity index (χ0n) is 8.72. The molecule has 4 heteroatoms. The Morgan fingerprint density at radius 2 is 1.81 bits per heavy atom. The molecule has 4 nitrogen and oxygen atoms in total. The monoisotopic (exact) mass is 213 g/mol. The van der Waals surface area contributed by atoms with Crippen molar-refractivity contribution in [2.45, 2.75) is 0 Å². The topological polar surface area (TPSA) is 90.5 Å². The normalized spacial score (nSPS) is 10.0. The Labute approximate surface area is 93.4 Å². The highest BCUT2D eigenvalue weighted by molar-refractivity contribution is 5.85. The lowest BCUT2D eigenvalue weighted by atomic mass is 10.0. The van der Waals surface area contributed by atoms with Crippen LogP contribution in [0.3, 0.4) is 0 Å². The van der Waals surface area contributed by atoms with E-state index < -0.39 is 0 Å². The van der Waals surface area contributed by atoms with E-state index in [4.69, 9.17) is 16.9 Å². The van der Waals surface area contributed by atoms with E-state index in [-0.39, 0.29) is 0 Å². The molecule has 0 saturated carbocycles. The predicted molar refractivity (Wildman–Crippen MR) is 65.6 cm³/mol. The maximum atomic E-state index is 5.85. The molecule has 0 fully saturated rings. The van der Waals surface area contributed by atoms with Gasteiger partial charge in [0, 0.05) is 11.9 Å². The van der Waals surface area contributed by atoms with Crippen molar-refractivity contribution in [3.8, 4) is 11.1 Å². The second-order valence-electron chi connectivity index (χ2n) is 3.48. The van der Waals surface area contributed by atoms with Gasteiger partial charge in [0.25, 0.3) is 0 Å². The summed E-state index contributed by atoms with van der Waals surface area (Å²) >= 11 is 0. The lowest BCUT2D eigenvalue weighted by molar-refractivity contribution is -0.104. The van der Waals surface area contributed by atoms with Crippen LogP contribution in [0.25, 0.3) is 11.1 Å². The fourth-order valence-electron chi connectivity index (χ4n) is 1.53. The Kier molecular flexibility index (Phi) is 2.55. The zero-order chi connectivity index (χ0) is 11.5. The Morgan fingerprint density at radius 3 is 2.44 bits per heavy atom. The molecule has 0 aliphatic rings. The number of rotatable bonds is 2. The Morgan fingerprint density at radius 1 is 1.06 bits per heavy atom. The summed E-state index contributed by atoms with van der Waals surface area (Å²) in [5.41, 5.74) is 14.9. The van der Waals surface area contributed by atoms with Gasteiger partial charge < -0.3 is 11.5 Å². The largest absolute Gasteiger partial charge is 0.398 e. The number of aromatic nitrogens is 1. The lowest BCUT2D eigenvalue weighted by Crippen LogP contribution is -2.30. The molecule has 0 radical (unpaired) electrons. The summed E-state index contributed by atoms with van der Waals surface area (Å²) in [5, 5.41) is 5.43. The Hall–Kier alpha value is -2.36. The molecule has 2 rings (SSSR count). The van der Waals surface area contributed by atoms with Gasteiger partial charge in [-0.1, -0.05) is 6.07 Å². The van der Waals surface area contributed by atoms with Crippen LogP contribution in [0.4, 0.5) is 11.5 Å². The summed E-state index contributed by atoms with van der Waals surface area (Å²) in [6.45, 7) is 0. The molecule has 1 aromatic carbocycles. The van der Waals surface area contributed by atoms with E-state index in [1.54, 1.807) is 12.3 Å². The highest BCUT2D eigenvalue weighted by Gasteiger charge is 2.03. The van der Waals surface area contributed by atoms with Crippen LogP contribution < -0.4 is 16.9 Å². The first-order valence-electron chi connectivity index (χ1n) is 4.87. The van der Waals surface area contributed by atoms with Gasteiger partial charge >= 0.3 is 0 Å². The number of hydrogen-bond acceptors (Lipinski definition) is 3. The Balaban J connectivity index is 2.49. The van der Waals surface area contributed by atoms with Gasteiger partial charge in [0.15, 0.2) is 6.21 Å². The van der Waals surface area contributed by atoms with Crippen molar-refractivity contribution in [1.82, 2.24) is 4.98 Å². The summed E-state index contributed by atoms with van der Waals surface area (Å²) in [6.07, 6.45) is 3.16. The number of nitrogens with zero attached hydrogens (tertiary/aromatic N) is 1. The van der Waals surface area contributed by atoms with Gasteiger partial charge in [0.05, 0.1) is 5.56 Å². The van der Waals surface area contributed by atoms with Crippen LogP contribution >= 0.6 is 0 Å². The van der Waals surface area contributed by atoms with Gasteiger partial charge in [-0.15, -0.1) is 0 Å². The van der Waals surface area contributed by atoms with E-state index in [1.165, 1.54) is 6.21 Å². The zero-order valence-corrected chi connectivity index (χ0v) is 8.72. The standard InChI is InChI=1S/C12H12N4/c13-7-10-2-1-8(5-11(10)14)9-3-4-16-12(15)6-9/h1-7,13H,14H2,(H2,15,16)/p+1. The summed E-state index contributed by atoms with van der Waals surface area (Å²) in [5.74, 6) is 0.491. The van der Waals surface area contributed by atoms with Crippen LogP contribution in [0.2, 0.25) is 0 Å². The third-order valence-electron chi connectivity index (χ3n) is 2.38. The van der Waals surface area contributed by atoms with Crippen molar-refractivity contribution >= 4 is 17.7 Å². The van der Waals surface area contributed by atoms with Crippen LogP contribution in [0.15, 0.2) is 36.5 Å². The molecule has 16 heavy (non-hydrogen) atoms. The van der Waals surface area contributed by atoms with E-state index in [1.807, 2.05) is 24.3 Å². The van der Waals surface area contributed by atoms with E-state index in [0.29, 0.717) is 11.5 Å². The van der Waals surface area contributed by atoms with Crippen molar-refractivity contribution in [3.63, 3.8) is 0 Å². The third-order valence-corrected chi connectivity index (χ3v) is 2.38. The first-order valence-corrected chi connectivity index (χ1v) is 4.87. The highest BCUT2D eigenvalue weighted by atomic mass is 14.8. The SMILES string of the molecule is Nc1cc(-c2ccc(C=[NH2+])c(N)c2)ccn1. The quantitative estimate of drug-likeness (QED) is 0.488. The fourth-order valence-corrected chi connectivity index (χ4v) is 1.53. The average Bonchev–Trinajstić information content (AvgIpc) is 2.29. The average molecular weight is 213 g/mol. The Bertz CT molecular complexity index is 534. The van der Waals surface area contributed by atoms with Gasteiger partial charge in [-0.25, -0.2) is 4.98 Å². The summed E-state index contributed by atoms with van der Waals surface area (Å²) in [7, 11) is 0. The van der Waals surface area contributed by atoms with Gasteiger partial charge in [-0.3, -0.25) is 5.41 Å². The molecule has 1 aromatic heterocycles. The maximum Gasteiger partial charge on any atom is 0.169 e. The minimum absolute atomic E-state index is 0.491. The minimum atomic E-state index is 0.491. The van der Waals surface area contributed by atoms with Crippen LogP contribution in [-0.4, -0.2) is 11.2 Å². The molecule has 1 heterocycles. The molecule has 0 unspecified atom stereocenters. The lowest BCUT2D eigenvalue weighted by Gasteiger charge is -2.04. The van der Waals surface area contributed by atoms with Gasteiger partial charge in [0.1, 0.15) is 5.82 Å². The molecular formula is C12H13N4+. The van der Waals surface area contributed by atoms with Crippen LogP contribution in [-0.2, 0) is 0 Å². The fraction of sp³-hybridized carbons (Fsp3) is 0. The highest BCUT2D eigenvalue weighted by Crippen LogP contribution is 2.23. The number of anilines is 2. The molecule has 0 saturated heterocycles. The molecule has 0 amide bonds. The van der Waals surface area contributed by atoms with E-state index >= 15 is 0 Å². The van der Waals surface area contributed by atoms with E-state index in [0.717, 1.165) is 16.7 Å². The molecule has 0 aliphatic heterocycles. The van der Waals surface area contributed by atoms with Crippen molar-refractivity contribution in [1.29, 1.82) is 0 Å². The first kappa shape index (κ1) is 10.2. The van der Waals surface area contributed by atoms with Gasteiger partial charge in [0.2, 0.25) is 0 Å². The summed E-state index contributed by atoms with van der Waals surface area (Å²) in [6, 6.07) is 9.39. The first-order chi connectivity index (χ1) is 7.70. The van der Waals surface area contributed by atoms with Crippen LogP contribution in [0.5, 0.6) is 0 Å². The van der Waals surface area contributed by atoms with Crippen molar-refractivity contribution < 1.29 is 5.41 Å². The second-order valence-corrected chi connectivity index (χ2v) is 3.48.